The smallest absolute Gasteiger partial charge is 0.0727 e. The van der Waals surface area contributed by atoms with E-state index in [4.69, 9.17) is 5.84 Å². The molecular weight excluding hydrogens is 313 g/mol. The Balaban J connectivity index is 2.86. The van der Waals surface area contributed by atoms with E-state index in [1.807, 2.05) is 13.0 Å². The molecule has 0 bridgehead atoms. The number of nitrogens with zero attached hydrogens (tertiary/aromatic N) is 1. The molecule has 1 heterocycles. The monoisotopic (exact) mass is 327 g/mol. The van der Waals surface area contributed by atoms with Crippen LogP contribution < -0.4 is 11.3 Å². The number of nitrogens with one attached hydrogen (secondary N) is 1. The Bertz CT molecular complexity index is 537. The molecule has 3 nitrogen and oxygen atoms in total. The number of aromatic nitrogens is 1. The number of aryl methyl sites for hydroxylation is 1. The van der Waals surface area contributed by atoms with Gasteiger partial charge in [-0.25, -0.2) is 0 Å². The topological polar surface area (TPSA) is 50.9 Å². The molecule has 0 radical (unpaired) electrons. The van der Waals surface area contributed by atoms with Crippen LogP contribution in [0.2, 0.25) is 0 Å². The standard InChI is InChI=1S/C12H14IN3/c1-3-9-7(2)15-11-5-4-8(13)6-10(11)12(9)16-14/h4-6H,3,14H2,1-2H3,(H,15,16). The van der Waals surface area contributed by atoms with Gasteiger partial charge in [-0.1, -0.05) is 6.92 Å². The molecule has 1 aromatic heterocycles. The van der Waals surface area contributed by atoms with E-state index in [-0.39, 0.29) is 0 Å². The number of hydrazine groups is 1. The summed E-state index contributed by atoms with van der Waals surface area (Å²) in [6.45, 7) is 4.14. The second-order valence-electron chi connectivity index (χ2n) is 3.71. The number of halogens is 1. The molecule has 0 fully saturated rings. The van der Waals surface area contributed by atoms with Crippen molar-refractivity contribution in [3.05, 3.63) is 33.0 Å². The van der Waals surface area contributed by atoms with E-state index in [2.05, 4.69) is 52.1 Å². The van der Waals surface area contributed by atoms with Crippen molar-refractivity contribution in [1.82, 2.24) is 4.98 Å². The van der Waals surface area contributed by atoms with Gasteiger partial charge in [0.2, 0.25) is 0 Å². The zero-order valence-corrected chi connectivity index (χ0v) is 11.5. The molecule has 84 valence electrons. The lowest BCUT2D eigenvalue weighted by molar-refractivity contribution is 1.06. The number of rotatable bonds is 2. The highest BCUT2D eigenvalue weighted by Crippen LogP contribution is 2.29. The summed E-state index contributed by atoms with van der Waals surface area (Å²) >= 11 is 2.30. The van der Waals surface area contributed by atoms with E-state index < -0.39 is 0 Å². The van der Waals surface area contributed by atoms with Crippen LogP contribution in [0.1, 0.15) is 18.2 Å². The maximum atomic E-state index is 5.63. The van der Waals surface area contributed by atoms with Gasteiger partial charge in [-0.15, -0.1) is 0 Å². The summed E-state index contributed by atoms with van der Waals surface area (Å²) in [7, 11) is 0. The minimum absolute atomic E-state index is 0.930. The Kier molecular flexibility index (Phi) is 3.30. The lowest BCUT2D eigenvalue weighted by atomic mass is 10.0. The van der Waals surface area contributed by atoms with Crippen molar-refractivity contribution in [3.8, 4) is 0 Å². The predicted octanol–water partition coefficient (Wildman–Crippen LogP) is 3.00. The van der Waals surface area contributed by atoms with Gasteiger partial charge < -0.3 is 5.43 Å². The van der Waals surface area contributed by atoms with Crippen molar-refractivity contribution < 1.29 is 0 Å². The zero-order chi connectivity index (χ0) is 11.7. The highest BCUT2D eigenvalue weighted by atomic mass is 127. The number of hydrogen-bond acceptors (Lipinski definition) is 3. The molecule has 0 atom stereocenters. The van der Waals surface area contributed by atoms with Crippen molar-refractivity contribution in [3.63, 3.8) is 0 Å². The van der Waals surface area contributed by atoms with Crippen LogP contribution in [0.4, 0.5) is 5.69 Å². The van der Waals surface area contributed by atoms with Crippen LogP contribution >= 0.6 is 22.6 Å². The van der Waals surface area contributed by atoms with Gasteiger partial charge >= 0.3 is 0 Å². The van der Waals surface area contributed by atoms with Gasteiger partial charge in [-0.05, 0) is 59.7 Å². The van der Waals surface area contributed by atoms with Crippen LogP contribution in [0.25, 0.3) is 10.9 Å². The van der Waals surface area contributed by atoms with Gasteiger partial charge in [0.05, 0.1) is 11.2 Å². The van der Waals surface area contributed by atoms with Crippen LogP contribution in [0, 0.1) is 10.5 Å². The molecule has 1 aromatic carbocycles. The second kappa shape index (κ2) is 4.55. The highest BCUT2D eigenvalue weighted by molar-refractivity contribution is 14.1. The van der Waals surface area contributed by atoms with Crippen LogP contribution in [-0.2, 0) is 6.42 Å². The van der Waals surface area contributed by atoms with Gasteiger partial charge in [0.25, 0.3) is 0 Å². The Labute approximate surface area is 109 Å². The van der Waals surface area contributed by atoms with Gasteiger partial charge in [-0.3, -0.25) is 10.8 Å². The lowest BCUT2D eigenvalue weighted by Crippen LogP contribution is -2.11. The van der Waals surface area contributed by atoms with Gasteiger partial charge in [-0.2, -0.15) is 0 Å². The van der Waals surface area contributed by atoms with Crippen LogP contribution in [0.3, 0.4) is 0 Å². The maximum absolute atomic E-state index is 5.63. The first-order valence-electron chi connectivity index (χ1n) is 5.22. The summed E-state index contributed by atoms with van der Waals surface area (Å²) in [5.74, 6) is 5.63. The third kappa shape index (κ3) is 1.87. The molecule has 2 aromatic rings. The molecule has 16 heavy (non-hydrogen) atoms. The van der Waals surface area contributed by atoms with E-state index in [1.165, 1.54) is 9.13 Å². The quantitative estimate of drug-likeness (QED) is 0.506. The maximum Gasteiger partial charge on any atom is 0.0727 e. The first-order valence-corrected chi connectivity index (χ1v) is 6.30. The van der Waals surface area contributed by atoms with E-state index in [0.29, 0.717) is 0 Å². The average molecular weight is 327 g/mol. The number of fused-ring (bicyclic) bond motifs is 1. The van der Waals surface area contributed by atoms with E-state index in [0.717, 1.165) is 28.7 Å². The number of nitrogen functional groups attached to an aromatic ring is 1. The molecule has 2 rings (SSSR count). The third-order valence-electron chi connectivity index (χ3n) is 2.75. The van der Waals surface area contributed by atoms with E-state index >= 15 is 0 Å². The van der Waals surface area contributed by atoms with Crippen molar-refractivity contribution in [2.75, 3.05) is 5.43 Å². The third-order valence-corrected chi connectivity index (χ3v) is 3.42. The summed E-state index contributed by atoms with van der Waals surface area (Å²) in [6.07, 6.45) is 0.930. The van der Waals surface area contributed by atoms with Crippen molar-refractivity contribution in [2.45, 2.75) is 20.3 Å². The van der Waals surface area contributed by atoms with Gasteiger partial charge in [0, 0.05) is 14.7 Å². The van der Waals surface area contributed by atoms with Gasteiger partial charge in [0.1, 0.15) is 0 Å². The summed E-state index contributed by atoms with van der Waals surface area (Å²) < 4.78 is 1.19. The van der Waals surface area contributed by atoms with Crippen molar-refractivity contribution in [2.24, 2.45) is 5.84 Å². The Morgan fingerprint density at radius 3 is 2.81 bits per heavy atom. The van der Waals surface area contributed by atoms with E-state index in [1.54, 1.807) is 0 Å². The Hall–Kier alpha value is -0.880. The lowest BCUT2D eigenvalue weighted by Gasteiger charge is -2.13. The van der Waals surface area contributed by atoms with Crippen LogP contribution in [-0.4, -0.2) is 4.98 Å². The fraction of sp³-hybridized carbons (Fsp3) is 0.250. The molecule has 0 aliphatic heterocycles. The summed E-state index contributed by atoms with van der Waals surface area (Å²) in [5.41, 5.74) is 7.04. The summed E-state index contributed by atoms with van der Waals surface area (Å²) in [6, 6.07) is 6.20. The molecule has 0 saturated carbocycles. The first-order chi connectivity index (χ1) is 7.67. The van der Waals surface area contributed by atoms with Crippen LogP contribution in [0.5, 0.6) is 0 Å². The molecule has 0 aliphatic rings. The summed E-state index contributed by atoms with van der Waals surface area (Å²) in [5, 5.41) is 1.09. The summed E-state index contributed by atoms with van der Waals surface area (Å²) in [4.78, 5) is 4.60. The second-order valence-corrected chi connectivity index (χ2v) is 4.96. The molecule has 3 N–H and O–H groups in total. The molecular formula is C12H14IN3. The SMILES string of the molecule is CCc1c(C)nc2ccc(I)cc2c1NN. The zero-order valence-electron chi connectivity index (χ0n) is 9.34. The number of nitrogens with two attached hydrogens (primary N) is 1. The fourth-order valence-corrected chi connectivity index (χ4v) is 2.49. The Morgan fingerprint density at radius 2 is 2.19 bits per heavy atom. The number of benzene rings is 1. The van der Waals surface area contributed by atoms with Crippen LogP contribution in [0.15, 0.2) is 18.2 Å². The number of anilines is 1. The number of hydrogen-bond donors (Lipinski definition) is 2. The van der Waals surface area contributed by atoms with Crippen molar-refractivity contribution in [1.29, 1.82) is 0 Å². The molecule has 0 saturated heterocycles. The average Bonchev–Trinajstić information content (AvgIpc) is 2.28. The molecule has 0 aliphatic carbocycles. The molecule has 4 heteroatoms. The van der Waals surface area contributed by atoms with Crippen molar-refractivity contribution >= 4 is 39.2 Å². The molecule has 0 unspecified atom stereocenters. The minimum atomic E-state index is 0.930. The molecule has 0 spiro atoms. The molecule has 0 amide bonds. The largest absolute Gasteiger partial charge is 0.323 e. The highest BCUT2D eigenvalue weighted by Gasteiger charge is 2.10. The fourth-order valence-electron chi connectivity index (χ4n) is 2.00. The first kappa shape index (κ1) is 11.6. The Morgan fingerprint density at radius 1 is 1.44 bits per heavy atom. The number of pyridine rings is 1. The van der Waals surface area contributed by atoms with Gasteiger partial charge in [0.15, 0.2) is 0 Å². The normalized spacial score (nSPS) is 10.8. The van der Waals surface area contributed by atoms with E-state index in [9.17, 15) is 0 Å². The predicted molar refractivity (Wildman–Crippen MR) is 76.4 cm³/mol. The minimum Gasteiger partial charge on any atom is -0.323 e.